The predicted molar refractivity (Wildman–Crippen MR) is 75.6 cm³/mol. The third-order valence-corrected chi connectivity index (χ3v) is 3.24. The van der Waals surface area contributed by atoms with E-state index in [-0.39, 0.29) is 5.41 Å². The molecule has 0 aliphatic heterocycles. The highest BCUT2D eigenvalue weighted by Gasteiger charge is 2.20. The number of nitrogens with two attached hydrogens (primary N) is 1. The number of nitrogen functional groups attached to an aromatic ring is 1. The average molecular weight is 246 g/mol. The second kappa shape index (κ2) is 3.97. The number of anilines is 1. The van der Waals surface area contributed by atoms with E-state index in [1.165, 1.54) is 11.3 Å². The average Bonchev–Trinajstić information content (AvgIpc) is 2.41. The summed E-state index contributed by atoms with van der Waals surface area (Å²) in [4.78, 5) is 8.84. The molecule has 0 aromatic carbocycles. The molecule has 0 radical (unpaired) electrons. The number of aryl methyl sites for hydroxylation is 2. The monoisotopic (exact) mass is 246 g/mol. The van der Waals surface area contributed by atoms with E-state index in [4.69, 9.17) is 5.73 Å². The highest BCUT2D eigenvalue weighted by atomic mass is 15.1. The van der Waals surface area contributed by atoms with Crippen molar-refractivity contribution in [1.82, 2.24) is 14.5 Å². The van der Waals surface area contributed by atoms with Crippen LogP contribution in [-0.4, -0.2) is 14.5 Å². The molecular formula is C14H22N4. The first-order valence-electron chi connectivity index (χ1n) is 6.30. The van der Waals surface area contributed by atoms with Crippen LogP contribution in [0.1, 0.15) is 37.9 Å². The molecule has 4 nitrogen and oxygen atoms in total. The Kier molecular flexibility index (Phi) is 2.84. The molecule has 0 saturated heterocycles. The van der Waals surface area contributed by atoms with Gasteiger partial charge in [-0.25, -0.2) is 9.97 Å². The van der Waals surface area contributed by atoms with Gasteiger partial charge in [-0.1, -0.05) is 20.8 Å². The van der Waals surface area contributed by atoms with Crippen LogP contribution in [0, 0.1) is 26.2 Å². The summed E-state index contributed by atoms with van der Waals surface area (Å²) >= 11 is 0. The summed E-state index contributed by atoms with van der Waals surface area (Å²) in [6, 6.07) is 0. The normalized spacial score (nSPS) is 12.3. The number of nitrogens with zero attached hydrogens (tertiary/aromatic N) is 3. The molecule has 0 fully saturated rings. The first kappa shape index (κ1) is 12.9. The summed E-state index contributed by atoms with van der Waals surface area (Å²) in [6.45, 7) is 13.7. The molecule has 0 unspecified atom stereocenters. The van der Waals surface area contributed by atoms with Crippen molar-refractivity contribution in [3.8, 4) is 0 Å². The molecule has 0 aliphatic carbocycles. The first-order valence-corrected chi connectivity index (χ1v) is 6.30. The van der Waals surface area contributed by atoms with Crippen molar-refractivity contribution in [2.75, 3.05) is 5.73 Å². The number of fused-ring (bicyclic) bond motifs is 1. The fourth-order valence-electron chi connectivity index (χ4n) is 2.34. The van der Waals surface area contributed by atoms with Crippen LogP contribution in [0.2, 0.25) is 0 Å². The topological polar surface area (TPSA) is 56.7 Å². The summed E-state index contributed by atoms with van der Waals surface area (Å²) in [5.74, 6) is 1.32. The van der Waals surface area contributed by atoms with Crippen molar-refractivity contribution < 1.29 is 0 Å². The lowest BCUT2D eigenvalue weighted by Crippen LogP contribution is -2.17. The number of rotatable bonds is 1. The summed E-state index contributed by atoms with van der Waals surface area (Å²) in [5.41, 5.74) is 9.62. The Morgan fingerprint density at radius 2 is 1.72 bits per heavy atom. The van der Waals surface area contributed by atoms with Gasteiger partial charge in [0.15, 0.2) is 0 Å². The van der Waals surface area contributed by atoms with Crippen LogP contribution in [0.4, 0.5) is 5.82 Å². The molecule has 0 saturated carbocycles. The molecule has 4 heteroatoms. The second-order valence-electron chi connectivity index (χ2n) is 6.21. The van der Waals surface area contributed by atoms with Crippen molar-refractivity contribution >= 4 is 16.9 Å². The van der Waals surface area contributed by atoms with Gasteiger partial charge in [-0.05, 0) is 31.7 Å². The van der Waals surface area contributed by atoms with Crippen LogP contribution in [0.3, 0.4) is 0 Å². The van der Waals surface area contributed by atoms with Gasteiger partial charge in [0.2, 0.25) is 0 Å². The minimum atomic E-state index is 0.205. The Hall–Kier alpha value is -1.58. The van der Waals surface area contributed by atoms with E-state index in [0.29, 0.717) is 5.82 Å². The van der Waals surface area contributed by atoms with E-state index in [1.807, 2.05) is 6.92 Å². The Morgan fingerprint density at radius 3 is 2.28 bits per heavy atom. The standard InChI is InChI=1S/C14H22N4/c1-8-9(2)18(7-14(4,5)6)13-11(8)12(15)16-10(3)17-13/h7H2,1-6H3,(H2,15,16,17). The summed E-state index contributed by atoms with van der Waals surface area (Å²) in [7, 11) is 0. The zero-order chi connectivity index (χ0) is 13.7. The third-order valence-electron chi connectivity index (χ3n) is 3.24. The maximum atomic E-state index is 6.04. The lowest BCUT2D eigenvalue weighted by Gasteiger charge is -2.21. The molecule has 2 N–H and O–H groups in total. The van der Waals surface area contributed by atoms with Crippen LogP contribution >= 0.6 is 0 Å². The SMILES string of the molecule is Cc1nc(N)c2c(C)c(C)n(CC(C)(C)C)c2n1. The fourth-order valence-corrected chi connectivity index (χ4v) is 2.34. The molecule has 0 bridgehead atoms. The third kappa shape index (κ3) is 2.07. The van der Waals surface area contributed by atoms with Crippen LogP contribution < -0.4 is 5.73 Å². The quantitative estimate of drug-likeness (QED) is 0.841. The Bertz CT molecular complexity index is 603. The smallest absolute Gasteiger partial charge is 0.146 e. The van der Waals surface area contributed by atoms with Crippen molar-refractivity contribution in [3.63, 3.8) is 0 Å². The molecule has 0 aliphatic rings. The first-order chi connectivity index (χ1) is 8.20. The number of hydrogen-bond acceptors (Lipinski definition) is 3. The fraction of sp³-hybridized carbons (Fsp3) is 0.571. The molecule has 2 aromatic heterocycles. The zero-order valence-electron chi connectivity index (χ0n) is 12.1. The maximum absolute atomic E-state index is 6.04. The van der Waals surface area contributed by atoms with E-state index >= 15 is 0 Å². The molecule has 0 spiro atoms. The molecule has 2 rings (SSSR count). The molecule has 0 atom stereocenters. The van der Waals surface area contributed by atoms with Crippen molar-refractivity contribution in [3.05, 3.63) is 17.1 Å². The van der Waals surface area contributed by atoms with Gasteiger partial charge >= 0.3 is 0 Å². The van der Waals surface area contributed by atoms with Crippen molar-refractivity contribution in [1.29, 1.82) is 0 Å². The number of aromatic nitrogens is 3. The van der Waals surface area contributed by atoms with E-state index in [2.05, 4.69) is 49.2 Å². The highest BCUT2D eigenvalue weighted by Crippen LogP contribution is 2.30. The van der Waals surface area contributed by atoms with Gasteiger partial charge in [-0.3, -0.25) is 0 Å². The summed E-state index contributed by atoms with van der Waals surface area (Å²) < 4.78 is 2.26. The highest BCUT2D eigenvalue weighted by molar-refractivity contribution is 5.91. The van der Waals surface area contributed by atoms with Gasteiger partial charge in [0.05, 0.1) is 5.39 Å². The minimum absolute atomic E-state index is 0.205. The Labute approximate surface area is 108 Å². The molecule has 0 amide bonds. The largest absolute Gasteiger partial charge is 0.383 e. The summed E-state index contributed by atoms with van der Waals surface area (Å²) in [6.07, 6.45) is 0. The zero-order valence-corrected chi connectivity index (χ0v) is 12.1. The van der Waals surface area contributed by atoms with Gasteiger partial charge in [0.25, 0.3) is 0 Å². The van der Waals surface area contributed by atoms with Gasteiger partial charge in [-0.15, -0.1) is 0 Å². The van der Waals surface area contributed by atoms with Gasteiger partial charge < -0.3 is 10.3 Å². The van der Waals surface area contributed by atoms with Gasteiger partial charge in [0.1, 0.15) is 17.3 Å². The van der Waals surface area contributed by atoms with E-state index in [0.717, 1.165) is 23.4 Å². The lowest BCUT2D eigenvalue weighted by molar-refractivity contribution is 0.345. The molecule has 2 aromatic rings. The van der Waals surface area contributed by atoms with Gasteiger partial charge in [0, 0.05) is 12.2 Å². The predicted octanol–water partition coefficient (Wildman–Crippen LogP) is 2.98. The molecule has 18 heavy (non-hydrogen) atoms. The maximum Gasteiger partial charge on any atom is 0.146 e. The lowest BCUT2D eigenvalue weighted by atomic mass is 9.97. The molecular weight excluding hydrogens is 224 g/mol. The minimum Gasteiger partial charge on any atom is -0.383 e. The van der Waals surface area contributed by atoms with E-state index < -0.39 is 0 Å². The molecule has 98 valence electrons. The van der Waals surface area contributed by atoms with Crippen LogP contribution in [-0.2, 0) is 6.54 Å². The second-order valence-corrected chi connectivity index (χ2v) is 6.21. The van der Waals surface area contributed by atoms with Crippen molar-refractivity contribution in [2.45, 2.75) is 48.1 Å². The van der Waals surface area contributed by atoms with Crippen molar-refractivity contribution in [2.24, 2.45) is 5.41 Å². The van der Waals surface area contributed by atoms with Gasteiger partial charge in [-0.2, -0.15) is 0 Å². The van der Waals surface area contributed by atoms with Crippen LogP contribution in [0.5, 0.6) is 0 Å². The number of hydrogen-bond donors (Lipinski definition) is 1. The van der Waals surface area contributed by atoms with E-state index in [9.17, 15) is 0 Å². The van der Waals surface area contributed by atoms with E-state index in [1.54, 1.807) is 0 Å². The van der Waals surface area contributed by atoms with Crippen LogP contribution in [0.15, 0.2) is 0 Å². The van der Waals surface area contributed by atoms with Crippen LogP contribution in [0.25, 0.3) is 11.0 Å². The summed E-state index contributed by atoms with van der Waals surface area (Å²) in [5, 5.41) is 1.00. The Morgan fingerprint density at radius 1 is 1.11 bits per heavy atom. The molecule has 2 heterocycles. The Balaban J connectivity index is 2.77.